The summed E-state index contributed by atoms with van der Waals surface area (Å²) in [7, 11) is 1.55. The minimum absolute atomic E-state index is 0.0999. The van der Waals surface area contributed by atoms with Crippen LogP contribution in [0.15, 0.2) is 58.7 Å². The Kier molecular flexibility index (Phi) is 5.87. The topological polar surface area (TPSA) is 82.6 Å². The SMILES string of the molecule is CCCCN1C(=O)C(=O)/C(=C(/O)c2ccc(OC)c(Br)c2)C1c1c[nH]c2ccccc12. The molecule has 0 spiro atoms. The van der Waals surface area contributed by atoms with Crippen molar-refractivity contribution >= 4 is 44.3 Å². The number of aromatic amines is 1. The fraction of sp³-hybridized carbons (Fsp3) is 0.250. The van der Waals surface area contributed by atoms with E-state index in [1.807, 2.05) is 37.4 Å². The van der Waals surface area contributed by atoms with Gasteiger partial charge in [0.25, 0.3) is 11.7 Å². The van der Waals surface area contributed by atoms with Gasteiger partial charge in [-0.05, 0) is 46.6 Å². The molecule has 2 aromatic carbocycles. The van der Waals surface area contributed by atoms with Gasteiger partial charge >= 0.3 is 0 Å². The molecule has 1 unspecified atom stereocenters. The normalized spacial score (nSPS) is 18.2. The molecule has 1 amide bonds. The number of aromatic nitrogens is 1. The molecule has 3 aromatic rings. The number of fused-ring (bicyclic) bond motifs is 1. The van der Waals surface area contributed by atoms with E-state index in [1.165, 1.54) is 0 Å². The number of hydrogen-bond acceptors (Lipinski definition) is 4. The molecule has 6 nitrogen and oxygen atoms in total. The fourth-order valence-corrected chi connectivity index (χ4v) is 4.59. The van der Waals surface area contributed by atoms with Gasteiger partial charge in [-0.1, -0.05) is 31.5 Å². The lowest BCUT2D eigenvalue weighted by Crippen LogP contribution is -2.30. The third-order valence-corrected chi connectivity index (χ3v) is 6.25. The summed E-state index contributed by atoms with van der Waals surface area (Å²) < 4.78 is 5.90. The molecule has 7 heteroatoms. The zero-order chi connectivity index (χ0) is 22.1. The number of halogens is 1. The van der Waals surface area contributed by atoms with E-state index in [0.29, 0.717) is 22.3 Å². The number of nitrogens with zero attached hydrogens (tertiary/aromatic N) is 1. The molecule has 1 aliphatic heterocycles. The lowest BCUT2D eigenvalue weighted by Gasteiger charge is -2.24. The van der Waals surface area contributed by atoms with Crippen molar-refractivity contribution in [1.29, 1.82) is 0 Å². The van der Waals surface area contributed by atoms with Crippen LogP contribution < -0.4 is 4.74 Å². The Morgan fingerprint density at radius 2 is 2.00 bits per heavy atom. The first-order chi connectivity index (χ1) is 15.0. The molecule has 0 radical (unpaired) electrons. The van der Waals surface area contributed by atoms with Gasteiger partial charge in [0.2, 0.25) is 0 Å². The highest BCUT2D eigenvalue weighted by Crippen LogP contribution is 2.42. The van der Waals surface area contributed by atoms with E-state index >= 15 is 0 Å². The van der Waals surface area contributed by atoms with Gasteiger partial charge in [-0.25, -0.2) is 0 Å². The molecule has 2 N–H and O–H groups in total. The number of carbonyl (C=O) groups excluding carboxylic acids is 2. The Morgan fingerprint density at radius 3 is 2.71 bits per heavy atom. The third kappa shape index (κ3) is 3.63. The smallest absolute Gasteiger partial charge is 0.295 e. The summed E-state index contributed by atoms with van der Waals surface area (Å²) in [5, 5.41) is 12.1. The van der Waals surface area contributed by atoms with E-state index in [4.69, 9.17) is 4.74 Å². The minimum atomic E-state index is -0.671. The van der Waals surface area contributed by atoms with Crippen molar-refractivity contribution in [3.8, 4) is 5.75 Å². The molecule has 1 aliphatic rings. The van der Waals surface area contributed by atoms with Crippen molar-refractivity contribution in [2.75, 3.05) is 13.7 Å². The van der Waals surface area contributed by atoms with E-state index in [1.54, 1.807) is 30.2 Å². The van der Waals surface area contributed by atoms with Gasteiger partial charge in [0.05, 0.1) is 23.2 Å². The first-order valence-corrected chi connectivity index (χ1v) is 11.0. The molecule has 0 bridgehead atoms. The van der Waals surface area contributed by atoms with Crippen molar-refractivity contribution < 1.29 is 19.4 Å². The Bertz CT molecular complexity index is 1200. The number of Topliss-reactive ketones (excluding diaryl/α,β-unsaturated/α-hetero) is 1. The molecule has 160 valence electrons. The summed E-state index contributed by atoms with van der Waals surface area (Å²) in [6, 6.07) is 12.1. The summed E-state index contributed by atoms with van der Waals surface area (Å²) in [5.74, 6) is -0.849. The molecular formula is C24H23BrN2O4. The first-order valence-electron chi connectivity index (χ1n) is 10.2. The number of carbonyl (C=O) groups is 2. The average molecular weight is 483 g/mol. The van der Waals surface area contributed by atoms with Crippen LogP contribution in [0.1, 0.15) is 36.9 Å². The maximum absolute atomic E-state index is 13.1. The van der Waals surface area contributed by atoms with Crippen LogP contribution in [-0.2, 0) is 9.59 Å². The first kappa shape index (κ1) is 21.2. The van der Waals surface area contributed by atoms with Crippen LogP contribution >= 0.6 is 15.9 Å². The van der Waals surface area contributed by atoms with Crippen LogP contribution in [0.2, 0.25) is 0 Å². The van der Waals surface area contributed by atoms with Gasteiger partial charge in [-0.3, -0.25) is 9.59 Å². The Morgan fingerprint density at radius 1 is 1.23 bits per heavy atom. The second-order valence-corrected chi connectivity index (χ2v) is 8.34. The number of para-hydroxylation sites is 1. The largest absolute Gasteiger partial charge is 0.507 e. The van der Waals surface area contributed by atoms with E-state index in [0.717, 1.165) is 29.3 Å². The summed E-state index contributed by atoms with van der Waals surface area (Å²) >= 11 is 3.42. The zero-order valence-electron chi connectivity index (χ0n) is 17.3. The Labute approximate surface area is 188 Å². The van der Waals surface area contributed by atoms with Crippen LogP contribution in [-0.4, -0.2) is 40.3 Å². The van der Waals surface area contributed by atoms with E-state index in [2.05, 4.69) is 20.9 Å². The number of rotatable bonds is 6. The van der Waals surface area contributed by atoms with Gasteiger partial charge in [0.15, 0.2) is 0 Å². The summed E-state index contributed by atoms with van der Waals surface area (Å²) in [6.07, 6.45) is 3.46. The Hall–Kier alpha value is -3.06. The molecule has 4 rings (SSSR count). The molecule has 2 heterocycles. The predicted molar refractivity (Wildman–Crippen MR) is 123 cm³/mol. The van der Waals surface area contributed by atoms with Crippen molar-refractivity contribution in [1.82, 2.24) is 9.88 Å². The van der Waals surface area contributed by atoms with Gasteiger partial charge in [-0.2, -0.15) is 0 Å². The lowest BCUT2D eigenvalue weighted by atomic mass is 9.95. The molecule has 1 atom stereocenters. The maximum atomic E-state index is 13.1. The van der Waals surface area contributed by atoms with Crippen LogP contribution in [0.3, 0.4) is 0 Å². The summed E-state index contributed by atoms with van der Waals surface area (Å²) in [6.45, 7) is 2.47. The summed E-state index contributed by atoms with van der Waals surface area (Å²) in [4.78, 5) is 30.8. The molecular weight excluding hydrogens is 460 g/mol. The number of benzene rings is 2. The standard InChI is InChI=1S/C24H23BrN2O4/c1-3-4-11-27-21(16-13-26-18-8-6-5-7-15(16)18)20(23(29)24(27)30)22(28)14-9-10-19(31-2)17(25)12-14/h5-10,12-13,21,26,28H,3-4,11H2,1-2H3/b22-20+. The monoisotopic (exact) mass is 482 g/mol. The van der Waals surface area contributed by atoms with Crippen LogP contribution in [0.25, 0.3) is 16.7 Å². The van der Waals surface area contributed by atoms with Crippen molar-refractivity contribution in [3.63, 3.8) is 0 Å². The quantitative estimate of drug-likeness (QED) is 0.288. The van der Waals surface area contributed by atoms with E-state index in [9.17, 15) is 14.7 Å². The van der Waals surface area contributed by atoms with Crippen LogP contribution in [0.5, 0.6) is 5.75 Å². The second-order valence-electron chi connectivity index (χ2n) is 7.48. The van der Waals surface area contributed by atoms with Gasteiger partial charge in [0.1, 0.15) is 11.5 Å². The number of amides is 1. The number of ether oxygens (including phenoxy) is 1. The van der Waals surface area contributed by atoms with E-state index in [-0.39, 0.29) is 11.3 Å². The fourth-order valence-electron chi connectivity index (χ4n) is 4.05. The number of aliphatic hydroxyl groups excluding tert-OH is 1. The predicted octanol–water partition coefficient (Wildman–Crippen LogP) is 5.16. The van der Waals surface area contributed by atoms with Crippen LogP contribution in [0, 0.1) is 0 Å². The lowest BCUT2D eigenvalue weighted by molar-refractivity contribution is -0.139. The number of methoxy groups -OCH3 is 1. The molecule has 1 aromatic heterocycles. The van der Waals surface area contributed by atoms with Crippen molar-refractivity contribution in [2.45, 2.75) is 25.8 Å². The van der Waals surface area contributed by atoms with E-state index < -0.39 is 17.7 Å². The number of ketones is 1. The zero-order valence-corrected chi connectivity index (χ0v) is 18.9. The average Bonchev–Trinajstić information content (AvgIpc) is 3.30. The number of hydrogen-bond donors (Lipinski definition) is 2. The Balaban J connectivity index is 1.91. The molecule has 1 saturated heterocycles. The number of nitrogens with one attached hydrogen (secondary N) is 1. The van der Waals surface area contributed by atoms with Gasteiger partial charge in [0, 0.05) is 34.8 Å². The number of aliphatic hydroxyl groups is 1. The van der Waals surface area contributed by atoms with Crippen molar-refractivity contribution in [2.24, 2.45) is 0 Å². The van der Waals surface area contributed by atoms with Gasteiger partial charge in [-0.15, -0.1) is 0 Å². The molecule has 0 aliphatic carbocycles. The molecule has 0 saturated carbocycles. The highest BCUT2D eigenvalue weighted by atomic mass is 79.9. The summed E-state index contributed by atoms with van der Waals surface area (Å²) in [5.41, 5.74) is 2.24. The number of unbranched alkanes of at least 4 members (excludes halogenated alkanes) is 1. The number of H-pyrrole nitrogens is 1. The molecule has 31 heavy (non-hydrogen) atoms. The second kappa shape index (κ2) is 8.59. The highest BCUT2D eigenvalue weighted by molar-refractivity contribution is 9.10. The van der Waals surface area contributed by atoms with Crippen LogP contribution in [0.4, 0.5) is 0 Å². The highest BCUT2D eigenvalue weighted by Gasteiger charge is 2.46. The third-order valence-electron chi connectivity index (χ3n) is 5.63. The number of likely N-dealkylation sites (tertiary alicyclic amines) is 1. The molecule has 1 fully saturated rings. The van der Waals surface area contributed by atoms with Gasteiger partial charge < -0.3 is 19.7 Å². The van der Waals surface area contributed by atoms with Crippen molar-refractivity contribution in [3.05, 3.63) is 69.8 Å². The minimum Gasteiger partial charge on any atom is -0.507 e. The maximum Gasteiger partial charge on any atom is 0.295 e.